The SMILES string of the molecule is CCCCCCCCCCC(C)C(C)(C)C=O. The van der Waals surface area contributed by atoms with E-state index >= 15 is 0 Å². The van der Waals surface area contributed by atoms with Gasteiger partial charge in [0.05, 0.1) is 0 Å². The molecule has 0 aliphatic rings. The van der Waals surface area contributed by atoms with Crippen LogP contribution in [0.1, 0.15) is 85.5 Å². The quantitative estimate of drug-likeness (QED) is 0.350. The molecule has 1 unspecified atom stereocenters. The van der Waals surface area contributed by atoms with E-state index in [1.165, 1.54) is 57.8 Å². The molecule has 0 saturated heterocycles. The van der Waals surface area contributed by atoms with Gasteiger partial charge < -0.3 is 4.79 Å². The van der Waals surface area contributed by atoms with Crippen LogP contribution >= 0.6 is 0 Å². The van der Waals surface area contributed by atoms with Gasteiger partial charge in [0.15, 0.2) is 0 Å². The van der Waals surface area contributed by atoms with Crippen molar-refractivity contribution in [3.8, 4) is 0 Å². The Kier molecular flexibility index (Phi) is 9.49. The first kappa shape index (κ1) is 16.7. The zero-order chi connectivity index (χ0) is 13.1. The lowest BCUT2D eigenvalue weighted by atomic mass is 9.78. The number of unbranched alkanes of at least 4 members (excludes halogenated alkanes) is 7. The highest BCUT2D eigenvalue weighted by atomic mass is 16.1. The lowest BCUT2D eigenvalue weighted by Gasteiger charge is -2.25. The van der Waals surface area contributed by atoms with Crippen LogP contribution in [0.4, 0.5) is 0 Å². The van der Waals surface area contributed by atoms with Crippen molar-refractivity contribution in [3.05, 3.63) is 0 Å². The lowest BCUT2D eigenvalue weighted by Crippen LogP contribution is -2.22. The highest BCUT2D eigenvalue weighted by Gasteiger charge is 2.24. The third-order valence-electron chi connectivity index (χ3n) is 4.06. The number of hydrogen-bond acceptors (Lipinski definition) is 1. The largest absolute Gasteiger partial charge is 0.303 e. The maximum Gasteiger partial charge on any atom is 0.125 e. The van der Waals surface area contributed by atoms with E-state index in [9.17, 15) is 4.79 Å². The van der Waals surface area contributed by atoms with Crippen molar-refractivity contribution in [2.24, 2.45) is 11.3 Å². The number of rotatable bonds is 11. The van der Waals surface area contributed by atoms with Crippen LogP contribution in [0.3, 0.4) is 0 Å². The van der Waals surface area contributed by atoms with Gasteiger partial charge in [-0.25, -0.2) is 0 Å². The molecule has 0 aromatic heterocycles. The van der Waals surface area contributed by atoms with Crippen LogP contribution in [0, 0.1) is 11.3 Å². The van der Waals surface area contributed by atoms with Crippen LogP contribution in [-0.2, 0) is 4.79 Å². The van der Waals surface area contributed by atoms with Gasteiger partial charge in [0, 0.05) is 5.41 Å². The average Bonchev–Trinajstić information content (AvgIpc) is 2.32. The van der Waals surface area contributed by atoms with Gasteiger partial charge in [-0.3, -0.25) is 0 Å². The molecule has 1 heteroatoms. The Hall–Kier alpha value is -0.330. The van der Waals surface area contributed by atoms with Crippen molar-refractivity contribution in [1.29, 1.82) is 0 Å². The van der Waals surface area contributed by atoms with Crippen molar-refractivity contribution in [3.63, 3.8) is 0 Å². The van der Waals surface area contributed by atoms with Crippen molar-refractivity contribution in [2.45, 2.75) is 85.5 Å². The fraction of sp³-hybridized carbons (Fsp3) is 0.938. The molecule has 0 fully saturated rings. The molecule has 0 radical (unpaired) electrons. The van der Waals surface area contributed by atoms with E-state index in [0.717, 1.165) is 6.29 Å². The first-order chi connectivity index (χ1) is 8.04. The number of hydrogen-bond donors (Lipinski definition) is 0. The summed E-state index contributed by atoms with van der Waals surface area (Å²) in [6.45, 7) is 8.57. The number of aldehydes is 1. The Balaban J connectivity index is 3.36. The molecule has 1 atom stereocenters. The van der Waals surface area contributed by atoms with Gasteiger partial charge in [-0.2, -0.15) is 0 Å². The minimum absolute atomic E-state index is 0.138. The Labute approximate surface area is 108 Å². The Morgan fingerprint density at radius 3 is 1.88 bits per heavy atom. The van der Waals surface area contributed by atoms with E-state index in [1.54, 1.807) is 0 Å². The van der Waals surface area contributed by atoms with E-state index in [4.69, 9.17) is 0 Å². The van der Waals surface area contributed by atoms with Crippen LogP contribution in [0.15, 0.2) is 0 Å². The molecule has 0 rings (SSSR count). The highest BCUT2D eigenvalue weighted by molar-refractivity contribution is 5.58. The maximum atomic E-state index is 10.9. The molecule has 17 heavy (non-hydrogen) atoms. The average molecular weight is 240 g/mol. The third kappa shape index (κ3) is 8.40. The third-order valence-corrected chi connectivity index (χ3v) is 4.06. The first-order valence-corrected chi connectivity index (χ1v) is 7.51. The van der Waals surface area contributed by atoms with Crippen LogP contribution in [0.2, 0.25) is 0 Å². The Morgan fingerprint density at radius 1 is 0.941 bits per heavy atom. The molecule has 0 N–H and O–H groups in total. The molecule has 0 heterocycles. The fourth-order valence-electron chi connectivity index (χ4n) is 2.07. The standard InChI is InChI=1S/C16H32O/c1-5-6-7-8-9-10-11-12-13-15(2)16(3,4)14-17/h14-15H,5-13H2,1-4H3. The molecular formula is C16H32O. The predicted molar refractivity (Wildman–Crippen MR) is 76.2 cm³/mol. The van der Waals surface area contributed by atoms with E-state index in [1.807, 2.05) is 0 Å². The normalized spacial score (nSPS) is 13.6. The zero-order valence-corrected chi connectivity index (χ0v) is 12.4. The molecule has 1 nitrogen and oxygen atoms in total. The fourth-order valence-corrected chi connectivity index (χ4v) is 2.07. The molecule has 0 spiro atoms. The molecule has 0 bridgehead atoms. The predicted octanol–water partition coefficient (Wildman–Crippen LogP) is 5.38. The monoisotopic (exact) mass is 240 g/mol. The second-order valence-corrected chi connectivity index (χ2v) is 6.10. The van der Waals surface area contributed by atoms with E-state index in [-0.39, 0.29) is 5.41 Å². The topological polar surface area (TPSA) is 17.1 Å². The Morgan fingerprint density at radius 2 is 1.41 bits per heavy atom. The van der Waals surface area contributed by atoms with E-state index < -0.39 is 0 Å². The summed E-state index contributed by atoms with van der Waals surface area (Å²) in [7, 11) is 0. The first-order valence-electron chi connectivity index (χ1n) is 7.51. The summed E-state index contributed by atoms with van der Waals surface area (Å²) < 4.78 is 0. The molecule has 0 aliphatic carbocycles. The van der Waals surface area contributed by atoms with Crippen molar-refractivity contribution in [2.75, 3.05) is 0 Å². The minimum Gasteiger partial charge on any atom is -0.303 e. The van der Waals surface area contributed by atoms with Crippen LogP contribution < -0.4 is 0 Å². The molecule has 0 aromatic rings. The number of carbonyl (C=O) groups excluding carboxylic acids is 1. The summed E-state index contributed by atoms with van der Waals surface area (Å²) >= 11 is 0. The summed E-state index contributed by atoms with van der Waals surface area (Å²) in [5.74, 6) is 0.514. The van der Waals surface area contributed by atoms with Gasteiger partial charge in [-0.05, 0) is 12.3 Å². The molecule has 0 amide bonds. The van der Waals surface area contributed by atoms with Gasteiger partial charge in [0.1, 0.15) is 6.29 Å². The van der Waals surface area contributed by atoms with Gasteiger partial charge in [0.2, 0.25) is 0 Å². The zero-order valence-electron chi connectivity index (χ0n) is 12.4. The molecule has 0 saturated carbocycles. The highest BCUT2D eigenvalue weighted by Crippen LogP contribution is 2.28. The minimum atomic E-state index is -0.138. The van der Waals surface area contributed by atoms with Gasteiger partial charge in [-0.1, -0.05) is 79.1 Å². The van der Waals surface area contributed by atoms with E-state index in [2.05, 4.69) is 27.7 Å². The summed E-state index contributed by atoms with van der Waals surface area (Å²) in [4.78, 5) is 10.9. The molecule has 102 valence electrons. The smallest absolute Gasteiger partial charge is 0.125 e. The second kappa shape index (κ2) is 9.67. The van der Waals surface area contributed by atoms with Gasteiger partial charge in [0.25, 0.3) is 0 Å². The van der Waals surface area contributed by atoms with Crippen molar-refractivity contribution in [1.82, 2.24) is 0 Å². The van der Waals surface area contributed by atoms with Crippen LogP contribution in [-0.4, -0.2) is 6.29 Å². The van der Waals surface area contributed by atoms with Crippen LogP contribution in [0.25, 0.3) is 0 Å². The summed E-state index contributed by atoms with van der Waals surface area (Å²) in [6, 6.07) is 0. The Bertz CT molecular complexity index is 184. The van der Waals surface area contributed by atoms with E-state index in [0.29, 0.717) is 5.92 Å². The second-order valence-electron chi connectivity index (χ2n) is 6.10. The summed E-state index contributed by atoms with van der Waals surface area (Å²) in [5, 5.41) is 0. The molecule has 0 aliphatic heterocycles. The summed E-state index contributed by atoms with van der Waals surface area (Å²) in [6.07, 6.45) is 13.2. The van der Waals surface area contributed by atoms with Crippen molar-refractivity contribution >= 4 is 6.29 Å². The van der Waals surface area contributed by atoms with Crippen LogP contribution in [0.5, 0.6) is 0 Å². The maximum absolute atomic E-state index is 10.9. The summed E-state index contributed by atoms with van der Waals surface area (Å²) in [5.41, 5.74) is -0.138. The molecular weight excluding hydrogens is 208 g/mol. The molecule has 0 aromatic carbocycles. The number of carbonyl (C=O) groups is 1. The van der Waals surface area contributed by atoms with Gasteiger partial charge in [-0.15, -0.1) is 0 Å². The lowest BCUT2D eigenvalue weighted by molar-refractivity contribution is -0.116. The van der Waals surface area contributed by atoms with Crippen molar-refractivity contribution < 1.29 is 4.79 Å². The van der Waals surface area contributed by atoms with Gasteiger partial charge >= 0.3 is 0 Å².